The van der Waals surface area contributed by atoms with Crippen molar-refractivity contribution in [3.8, 4) is 11.5 Å². The van der Waals surface area contributed by atoms with E-state index >= 15 is 0 Å². The van der Waals surface area contributed by atoms with Crippen LogP contribution in [-0.2, 0) is 0 Å². The van der Waals surface area contributed by atoms with Crippen molar-refractivity contribution in [3.63, 3.8) is 0 Å². The highest BCUT2D eigenvalue weighted by molar-refractivity contribution is 9.10. The molecule has 1 aromatic carbocycles. The van der Waals surface area contributed by atoms with Crippen LogP contribution in [0.15, 0.2) is 39.5 Å². The Bertz CT molecular complexity index is 734. The lowest BCUT2D eigenvalue weighted by molar-refractivity contribution is 0.617. The summed E-state index contributed by atoms with van der Waals surface area (Å²) in [6.07, 6.45) is 3.49. The predicted octanol–water partition coefficient (Wildman–Crippen LogP) is 4.27. The summed E-state index contributed by atoms with van der Waals surface area (Å²) in [5.74, 6) is 0.604. The first-order valence-electron chi connectivity index (χ1n) is 5.62. The van der Waals surface area contributed by atoms with Gasteiger partial charge in [0.15, 0.2) is 5.58 Å². The summed E-state index contributed by atoms with van der Waals surface area (Å²) in [4.78, 5) is 8.64. The molecule has 90 valence electrons. The van der Waals surface area contributed by atoms with Gasteiger partial charge in [-0.3, -0.25) is 4.98 Å². The van der Waals surface area contributed by atoms with Gasteiger partial charge in [0, 0.05) is 16.9 Å². The van der Waals surface area contributed by atoms with Gasteiger partial charge in [-0.2, -0.15) is 0 Å². The molecule has 2 heterocycles. The maximum absolute atomic E-state index is 5.82. The van der Waals surface area contributed by atoms with Gasteiger partial charge in [-0.1, -0.05) is 6.07 Å². The first-order chi connectivity index (χ1) is 8.63. The van der Waals surface area contributed by atoms with Crippen LogP contribution in [0.4, 0.5) is 0 Å². The lowest BCUT2D eigenvalue weighted by Gasteiger charge is -1.95. The second-order valence-electron chi connectivity index (χ2n) is 4.34. The molecule has 0 aliphatic carbocycles. The van der Waals surface area contributed by atoms with Crippen molar-refractivity contribution < 1.29 is 4.42 Å². The fraction of sp³-hybridized carbons (Fsp3) is 0.143. The summed E-state index contributed by atoms with van der Waals surface area (Å²) in [6, 6.07) is 6.07. The minimum absolute atomic E-state index is 0.604. The molecule has 0 spiro atoms. The van der Waals surface area contributed by atoms with Gasteiger partial charge in [0.25, 0.3) is 0 Å². The quantitative estimate of drug-likeness (QED) is 0.674. The third-order valence-electron chi connectivity index (χ3n) is 2.77. The highest BCUT2D eigenvalue weighted by Gasteiger charge is 2.11. The van der Waals surface area contributed by atoms with E-state index in [0.29, 0.717) is 5.89 Å². The Morgan fingerprint density at radius 2 is 1.94 bits per heavy atom. The van der Waals surface area contributed by atoms with E-state index in [1.807, 2.05) is 19.1 Å². The third kappa shape index (κ3) is 1.93. The molecule has 3 nitrogen and oxygen atoms in total. The summed E-state index contributed by atoms with van der Waals surface area (Å²) in [7, 11) is 0. The molecule has 0 saturated heterocycles. The van der Waals surface area contributed by atoms with Crippen molar-refractivity contribution in [3.05, 3.63) is 46.2 Å². The van der Waals surface area contributed by atoms with E-state index in [1.165, 1.54) is 5.56 Å². The van der Waals surface area contributed by atoms with Gasteiger partial charge in [-0.25, -0.2) is 4.98 Å². The summed E-state index contributed by atoms with van der Waals surface area (Å²) in [6.45, 7) is 4.09. The van der Waals surface area contributed by atoms with Crippen molar-refractivity contribution in [1.29, 1.82) is 0 Å². The van der Waals surface area contributed by atoms with Crippen LogP contribution >= 0.6 is 15.9 Å². The molecule has 0 radical (unpaired) electrons. The second-order valence-corrected chi connectivity index (χ2v) is 5.26. The van der Waals surface area contributed by atoms with Crippen LogP contribution in [0.1, 0.15) is 11.1 Å². The van der Waals surface area contributed by atoms with Crippen LogP contribution in [0, 0.1) is 13.8 Å². The van der Waals surface area contributed by atoms with Gasteiger partial charge in [0.05, 0.1) is 5.56 Å². The van der Waals surface area contributed by atoms with Crippen molar-refractivity contribution in [2.75, 3.05) is 0 Å². The number of pyridine rings is 1. The Kier molecular flexibility index (Phi) is 2.67. The standard InChI is InChI=1S/C14H11BrN2O/c1-8-3-9(2)13-12(4-8)17-14(18-13)10-5-11(15)7-16-6-10/h3-7H,1-2H3. The fourth-order valence-corrected chi connectivity index (χ4v) is 2.39. The number of rotatable bonds is 1. The molecule has 0 unspecified atom stereocenters. The van der Waals surface area contributed by atoms with Crippen LogP contribution in [0.3, 0.4) is 0 Å². The van der Waals surface area contributed by atoms with Gasteiger partial charge in [0.1, 0.15) is 5.52 Å². The molecule has 3 aromatic rings. The Morgan fingerprint density at radius 1 is 1.11 bits per heavy atom. The van der Waals surface area contributed by atoms with E-state index in [0.717, 1.165) is 26.7 Å². The van der Waals surface area contributed by atoms with Crippen molar-refractivity contribution >= 4 is 27.0 Å². The zero-order chi connectivity index (χ0) is 12.7. The smallest absolute Gasteiger partial charge is 0.228 e. The summed E-state index contributed by atoms with van der Waals surface area (Å²) >= 11 is 3.40. The van der Waals surface area contributed by atoms with Gasteiger partial charge in [-0.15, -0.1) is 0 Å². The van der Waals surface area contributed by atoms with Gasteiger partial charge in [0.2, 0.25) is 5.89 Å². The van der Waals surface area contributed by atoms with Gasteiger partial charge < -0.3 is 4.42 Å². The maximum Gasteiger partial charge on any atom is 0.228 e. The molecule has 2 aromatic heterocycles. The zero-order valence-electron chi connectivity index (χ0n) is 10.1. The highest BCUT2D eigenvalue weighted by Crippen LogP contribution is 2.28. The van der Waals surface area contributed by atoms with Crippen LogP contribution in [0.25, 0.3) is 22.6 Å². The number of nitrogens with zero attached hydrogens (tertiary/aromatic N) is 2. The third-order valence-corrected chi connectivity index (χ3v) is 3.21. The van der Waals surface area contributed by atoms with Crippen molar-refractivity contribution in [1.82, 2.24) is 9.97 Å². The number of aryl methyl sites for hydroxylation is 2. The van der Waals surface area contributed by atoms with Crippen LogP contribution in [0.2, 0.25) is 0 Å². The summed E-state index contributed by atoms with van der Waals surface area (Å²) in [5, 5.41) is 0. The molecule has 0 N–H and O–H groups in total. The number of aromatic nitrogens is 2. The van der Waals surface area contributed by atoms with E-state index in [1.54, 1.807) is 12.4 Å². The molecule has 3 rings (SSSR count). The minimum atomic E-state index is 0.604. The Hall–Kier alpha value is -1.68. The number of hydrogen-bond donors (Lipinski definition) is 0. The molecule has 0 bridgehead atoms. The summed E-state index contributed by atoms with van der Waals surface area (Å²) in [5.41, 5.74) is 4.90. The molecule has 0 aliphatic heterocycles. The van der Waals surface area contributed by atoms with Crippen LogP contribution in [-0.4, -0.2) is 9.97 Å². The number of hydrogen-bond acceptors (Lipinski definition) is 3. The molecular formula is C14H11BrN2O. The first-order valence-corrected chi connectivity index (χ1v) is 6.41. The van der Waals surface area contributed by atoms with E-state index in [9.17, 15) is 0 Å². The van der Waals surface area contributed by atoms with Crippen LogP contribution < -0.4 is 0 Å². The summed E-state index contributed by atoms with van der Waals surface area (Å²) < 4.78 is 6.74. The average Bonchev–Trinajstić information content (AvgIpc) is 2.73. The molecule has 0 saturated carbocycles. The average molecular weight is 303 g/mol. The lowest BCUT2D eigenvalue weighted by atomic mass is 10.1. The molecule has 4 heteroatoms. The van der Waals surface area contributed by atoms with E-state index in [4.69, 9.17) is 4.42 Å². The molecule has 0 amide bonds. The number of benzene rings is 1. The van der Waals surface area contributed by atoms with Crippen molar-refractivity contribution in [2.24, 2.45) is 0 Å². The van der Waals surface area contributed by atoms with E-state index < -0.39 is 0 Å². The SMILES string of the molecule is Cc1cc(C)c2oc(-c3cncc(Br)c3)nc2c1. The largest absolute Gasteiger partial charge is 0.436 e. The molecule has 0 aliphatic rings. The lowest BCUT2D eigenvalue weighted by Crippen LogP contribution is -1.79. The van der Waals surface area contributed by atoms with Gasteiger partial charge >= 0.3 is 0 Å². The number of halogens is 1. The molecule has 0 atom stereocenters. The topological polar surface area (TPSA) is 38.9 Å². The maximum atomic E-state index is 5.82. The molecule has 18 heavy (non-hydrogen) atoms. The van der Waals surface area contributed by atoms with E-state index in [-0.39, 0.29) is 0 Å². The van der Waals surface area contributed by atoms with Gasteiger partial charge in [-0.05, 0) is 53.0 Å². The monoisotopic (exact) mass is 302 g/mol. The number of oxazole rings is 1. The fourth-order valence-electron chi connectivity index (χ4n) is 2.03. The highest BCUT2D eigenvalue weighted by atomic mass is 79.9. The van der Waals surface area contributed by atoms with E-state index in [2.05, 4.69) is 38.9 Å². The predicted molar refractivity (Wildman–Crippen MR) is 74.4 cm³/mol. The zero-order valence-corrected chi connectivity index (χ0v) is 11.7. The normalized spacial score (nSPS) is 11.1. The Labute approximate surface area is 113 Å². The number of fused-ring (bicyclic) bond motifs is 1. The molecule has 0 fully saturated rings. The minimum Gasteiger partial charge on any atom is -0.436 e. The first kappa shape index (κ1) is 11.4. The van der Waals surface area contributed by atoms with Crippen LogP contribution in [0.5, 0.6) is 0 Å². The van der Waals surface area contributed by atoms with Crippen molar-refractivity contribution in [2.45, 2.75) is 13.8 Å². The Morgan fingerprint density at radius 3 is 2.72 bits per heavy atom. The molecular weight excluding hydrogens is 292 g/mol. The Balaban J connectivity index is 2.22. The second kappa shape index (κ2) is 4.21.